The summed E-state index contributed by atoms with van der Waals surface area (Å²) >= 11 is 0. The van der Waals surface area contributed by atoms with Gasteiger partial charge in [-0.05, 0) is 108 Å². The molecule has 1 radical (unpaired) electrons. The van der Waals surface area contributed by atoms with Gasteiger partial charge in [-0.1, -0.05) is 86.8 Å². The molecule has 3 fully saturated rings. The zero-order chi connectivity index (χ0) is 25.2. The molecule has 0 saturated heterocycles. The van der Waals surface area contributed by atoms with Crippen molar-refractivity contribution in [2.24, 2.45) is 49.7 Å². The maximum Gasteiger partial charge on any atom is 0 e. The Morgan fingerprint density at radius 3 is 2.09 bits per heavy atom. The minimum absolute atomic E-state index is 0. The smallest absolute Gasteiger partial charge is 0 e. The molecule has 0 aromatic carbocycles. The third kappa shape index (κ3) is 3.33. The standard InChI is InChI=1S/C34H55.Y/c1-12-34-21-19-28(3,4)30(7,8)27(34)24-13-14-26-31(9)17-15-23(2)29(5,6)25(31)16-18-33(26,11)32(24,10)20-22-34;/h15,25-26H,2,12-14,16-22H2,1,3-11H3;/q-1;. The van der Waals surface area contributed by atoms with Gasteiger partial charge in [0.05, 0.1) is 0 Å². The Morgan fingerprint density at radius 2 is 1.46 bits per heavy atom. The van der Waals surface area contributed by atoms with Crippen LogP contribution in [0.4, 0.5) is 0 Å². The van der Waals surface area contributed by atoms with E-state index < -0.39 is 0 Å². The van der Waals surface area contributed by atoms with E-state index >= 15 is 0 Å². The van der Waals surface area contributed by atoms with Crippen LogP contribution >= 0.6 is 0 Å². The van der Waals surface area contributed by atoms with E-state index in [0.29, 0.717) is 32.5 Å². The summed E-state index contributed by atoms with van der Waals surface area (Å²) in [5.41, 5.74) is 7.88. The van der Waals surface area contributed by atoms with Crippen LogP contribution < -0.4 is 0 Å². The molecule has 6 unspecified atom stereocenters. The molecule has 0 bridgehead atoms. The van der Waals surface area contributed by atoms with Crippen LogP contribution in [0.15, 0.2) is 22.8 Å². The predicted octanol–water partition coefficient (Wildman–Crippen LogP) is 10.3. The third-order valence-corrected chi connectivity index (χ3v) is 14.6. The van der Waals surface area contributed by atoms with E-state index in [1.165, 1.54) is 69.8 Å². The normalized spacial score (nSPS) is 47.3. The average Bonchev–Trinajstić information content (AvgIpc) is 2.74. The second kappa shape index (κ2) is 8.23. The first-order valence-electron chi connectivity index (χ1n) is 14.8. The van der Waals surface area contributed by atoms with Gasteiger partial charge in [-0.25, -0.2) is 18.6 Å². The number of allylic oxidation sites excluding steroid dienone is 4. The second-order valence-electron chi connectivity index (χ2n) is 16.1. The molecular weight excluding hydrogens is 497 g/mol. The zero-order valence-corrected chi connectivity index (χ0v) is 27.9. The maximum absolute atomic E-state index is 4.52. The first-order valence-corrected chi connectivity index (χ1v) is 14.8. The predicted molar refractivity (Wildman–Crippen MR) is 147 cm³/mol. The molecule has 5 rings (SSSR count). The Hall–Kier alpha value is 0.454. The second-order valence-corrected chi connectivity index (χ2v) is 16.1. The van der Waals surface area contributed by atoms with Gasteiger partial charge in [0.1, 0.15) is 0 Å². The van der Waals surface area contributed by atoms with E-state index in [4.69, 9.17) is 0 Å². The van der Waals surface area contributed by atoms with Gasteiger partial charge in [0.15, 0.2) is 0 Å². The molecule has 35 heavy (non-hydrogen) atoms. The van der Waals surface area contributed by atoms with E-state index in [2.05, 4.69) is 82.2 Å². The van der Waals surface area contributed by atoms with E-state index in [0.717, 1.165) is 11.8 Å². The van der Waals surface area contributed by atoms with Gasteiger partial charge in [-0.2, -0.15) is 0 Å². The Labute approximate surface area is 244 Å². The molecule has 0 aromatic heterocycles. The van der Waals surface area contributed by atoms with Gasteiger partial charge in [0.25, 0.3) is 0 Å². The van der Waals surface area contributed by atoms with E-state index in [1.807, 2.05) is 11.1 Å². The zero-order valence-electron chi connectivity index (χ0n) is 25.1. The minimum Gasteiger partial charge on any atom is -0.241 e. The summed E-state index contributed by atoms with van der Waals surface area (Å²) < 4.78 is 0. The summed E-state index contributed by atoms with van der Waals surface area (Å²) in [7, 11) is 0. The van der Waals surface area contributed by atoms with Crippen LogP contribution in [0.25, 0.3) is 0 Å². The van der Waals surface area contributed by atoms with Crippen LogP contribution in [-0.4, -0.2) is 0 Å². The summed E-state index contributed by atoms with van der Waals surface area (Å²) in [6, 6.07) is 0. The van der Waals surface area contributed by atoms with Crippen LogP contribution in [0, 0.1) is 56.7 Å². The quantitative estimate of drug-likeness (QED) is 0.224. The van der Waals surface area contributed by atoms with Gasteiger partial charge in [-0.15, -0.1) is 0 Å². The maximum atomic E-state index is 4.52. The van der Waals surface area contributed by atoms with Gasteiger partial charge in [0.2, 0.25) is 0 Å². The van der Waals surface area contributed by atoms with Crippen molar-refractivity contribution in [1.29, 1.82) is 0 Å². The van der Waals surface area contributed by atoms with E-state index in [-0.39, 0.29) is 38.1 Å². The van der Waals surface area contributed by atoms with Crippen molar-refractivity contribution in [3.05, 3.63) is 29.7 Å². The van der Waals surface area contributed by atoms with E-state index in [1.54, 1.807) is 0 Å². The van der Waals surface area contributed by atoms with Crippen LogP contribution in [-0.2, 0) is 32.7 Å². The first-order chi connectivity index (χ1) is 15.5. The largest absolute Gasteiger partial charge is 0.241 e. The fourth-order valence-electron chi connectivity index (χ4n) is 11.2. The van der Waals surface area contributed by atoms with Gasteiger partial charge >= 0.3 is 0 Å². The Morgan fingerprint density at radius 1 is 0.829 bits per heavy atom. The summed E-state index contributed by atoms with van der Waals surface area (Å²) in [4.78, 5) is 0. The van der Waals surface area contributed by atoms with Crippen molar-refractivity contribution in [3.63, 3.8) is 0 Å². The number of fused-ring (bicyclic) bond motifs is 6. The molecule has 0 aromatic rings. The van der Waals surface area contributed by atoms with Crippen molar-refractivity contribution in [2.75, 3.05) is 0 Å². The Balaban J connectivity index is 0.00000289. The summed E-state index contributed by atoms with van der Waals surface area (Å²) in [6.07, 6.45) is 16.3. The fourth-order valence-corrected chi connectivity index (χ4v) is 11.2. The Bertz CT molecular complexity index is 946. The SMILES string of the molecule is [CH2-]C1=CCC2(C)C(CCC3(C)C2CCC2=C4C(CC)(CCC(C)(C)C4(C)C)CCC23C)C1(C)C.[Y]. The van der Waals surface area contributed by atoms with Crippen molar-refractivity contribution in [3.8, 4) is 0 Å². The van der Waals surface area contributed by atoms with Crippen molar-refractivity contribution in [2.45, 2.75) is 133 Å². The average molecular weight is 553 g/mol. The summed E-state index contributed by atoms with van der Waals surface area (Å²) in [5.74, 6) is 1.60. The van der Waals surface area contributed by atoms with Crippen LogP contribution in [0.5, 0.6) is 0 Å². The number of rotatable bonds is 1. The number of hydrogen-bond donors (Lipinski definition) is 0. The number of hydrogen-bond acceptors (Lipinski definition) is 0. The van der Waals surface area contributed by atoms with Crippen LogP contribution in [0.1, 0.15) is 133 Å². The topological polar surface area (TPSA) is 0 Å². The summed E-state index contributed by atoms with van der Waals surface area (Å²) in [5, 5.41) is 0. The molecule has 0 heterocycles. The molecule has 0 nitrogen and oxygen atoms in total. The molecule has 0 spiro atoms. The fraction of sp³-hybridized carbons (Fsp3) is 0.853. The molecule has 6 atom stereocenters. The van der Waals surface area contributed by atoms with Crippen molar-refractivity contribution >= 4 is 0 Å². The molecule has 0 N–H and O–H groups in total. The molecule has 0 amide bonds. The summed E-state index contributed by atoms with van der Waals surface area (Å²) in [6.45, 7) is 30.6. The van der Waals surface area contributed by atoms with Gasteiger partial charge in [-0.3, -0.25) is 0 Å². The Kier molecular flexibility index (Phi) is 6.69. The monoisotopic (exact) mass is 552 g/mol. The van der Waals surface area contributed by atoms with Crippen molar-refractivity contribution in [1.82, 2.24) is 0 Å². The van der Waals surface area contributed by atoms with Gasteiger partial charge in [0, 0.05) is 32.7 Å². The molecule has 3 saturated carbocycles. The van der Waals surface area contributed by atoms with Crippen molar-refractivity contribution < 1.29 is 32.7 Å². The van der Waals surface area contributed by atoms with E-state index in [9.17, 15) is 0 Å². The molecule has 1 heteroatoms. The molecule has 195 valence electrons. The molecule has 5 aliphatic carbocycles. The van der Waals surface area contributed by atoms with Crippen LogP contribution in [0.2, 0.25) is 0 Å². The van der Waals surface area contributed by atoms with Crippen LogP contribution in [0.3, 0.4) is 0 Å². The molecular formula is C34H55Y-. The third-order valence-electron chi connectivity index (χ3n) is 14.6. The first kappa shape index (κ1) is 28.5. The molecule has 0 aliphatic heterocycles. The molecule has 5 aliphatic rings. The van der Waals surface area contributed by atoms with Gasteiger partial charge < -0.3 is 0 Å². The minimum atomic E-state index is 0.